The van der Waals surface area contributed by atoms with Crippen LogP contribution < -0.4 is 0 Å². The highest BCUT2D eigenvalue weighted by Crippen LogP contribution is 2.23. The second-order valence-electron chi connectivity index (χ2n) is 4.08. The lowest BCUT2D eigenvalue weighted by Crippen LogP contribution is -2.11. The van der Waals surface area contributed by atoms with Crippen LogP contribution in [0.3, 0.4) is 0 Å². The van der Waals surface area contributed by atoms with Gasteiger partial charge < -0.3 is 4.42 Å². The zero-order chi connectivity index (χ0) is 14.0. The van der Waals surface area contributed by atoms with Crippen molar-refractivity contribution in [3.8, 4) is 6.07 Å². The van der Waals surface area contributed by atoms with E-state index in [1.165, 1.54) is 12.3 Å². The van der Waals surface area contributed by atoms with Crippen molar-refractivity contribution in [2.75, 3.05) is 0 Å². The molecule has 19 heavy (non-hydrogen) atoms. The summed E-state index contributed by atoms with van der Waals surface area (Å²) in [6, 6.07) is 5.86. The molecule has 0 aliphatic carbocycles. The summed E-state index contributed by atoms with van der Waals surface area (Å²) in [5, 5.41) is 9.05. The number of carbonyl (C=O) groups excluding carboxylic acids is 1. The molecule has 1 aromatic heterocycles. The number of carbonyl (C=O) groups is 1. The molecule has 0 saturated carbocycles. The first-order valence-corrected chi connectivity index (χ1v) is 5.46. The van der Waals surface area contributed by atoms with Crippen molar-refractivity contribution in [2.24, 2.45) is 0 Å². The second kappa shape index (κ2) is 5.02. The Labute approximate surface area is 108 Å². The molecule has 3 nitrogen and oxygen atoms in total. The van der Waals surface area contributed by atoms with Crippen LogP contribution in [0.5, 0.6) is 0 Å². The fraction of sp³-hybridized carbons (Fsp3) is 0.143. The van der Waals surface area contributed by atoms with Gasteiger partial charge >= 0.3 is 0 Å². The summed E-state index contributed by atoms with van der Waals surface area (Å²) in [6.07, 6.45) is 1.22. The molecule has 0 aliphatic rings. The largest absolute Gasteiger partial charge is 0.469 e. The Hall–Kier alpha value is -2.48. The molecule has 1 unspecified atom stereocenters. The van der Waals surface area contributed by atoms with Crippen LogP contribution in [0.1, 0.15) is 27.6 Å². The Kier molecular flexibility index (Phi) is 3.43. The maximum atomic E-state index is 13.1. The van der Waals surface area contributed by atoms with Crippen LogP contribution in [0.4, 0.5) is 8.78 Å². The van der Waals surface area contributed by atoms with Gasteiger partial charge in [0.05, 0.1) is 11.6 Å². The quantitative estimate of drug-likeness (QED) is 0.796. The van der Waals surface area contributed by atoms with Crippen LogP contribution in [0.25, 0.3) is 0 Å². The maximum absolute atomic E-state index is 13.1. The van der Waals surface area contributed by atoms with Crippen LogP contribution in [0.15, 0.2) is 34.9 Å². The van der Waals surface area contributed by atoms with Crippen molar-refractivity contribution in [1.29, 1.82) is 5.26 Å². The highest BCUT2D eigenvalue weighted by atomic mass is 19.1. The van der Waals surface area contributed by atoms with Crippen LogP contribution in [0.2, 0.25) is 0 Å². The van der Waals surface area contributed by atoms with Crippen LogP contribution in [0, 0.1) is 29.9 Å². The van der Waals surface area contributed by atoms with Crippen molar-refractivity contribution >= 4 is 5.78 Å². The average molecular weight is 261 g/mol. The SMILES string of the molecule is Cc1cc(C(=O)C(C#N)c2cc(F)cc(F)c2)co1. The highest BCUT2D eigenvalue weighted by molar-refractivity contribution is 6.02. The van der Waals surface area contributed by atoms with Gasteiger partial charge in [-0.05, 0) is 30.7 Å². The van der Waals surface area contributed by atoms with Crippen LogP contribution >= 0.6 is 0 Å². The maximum Gasteiger partial charge on any atom is 0.187 e. The summed E-state index contributed by atoms with van der Waals surface area (Å²) in [7, 11) is 0. The molecule has 1 aromatic carbocycles. The van der Waals surface area contributed by atoms with Gasteiger partial charge in [0.1, 0.15) is 29.6 Å². The number of benzene rings is 1. The molecular formula is C14H9F2NO2. The molecule has 5 heteroatoms. The lowest BCUT2D eigenvalue weighted by molar-refractivity contribution is 0.0978. The number of furan rings is 1. The lowest BCUT2D eigenvalue weighted by Gasteiger charge is -2.07. The first kappa shape index (κ1) is 13.0. The Morgan fingerprint density at radius 1 is 1.26 bits per heavy atom. The zero-order valence-electron chi connectivity index (χ0n) is 9.98. The molecule has 96 valence electrons. The topological polar surface area (TPSA) is 54.0 Å². The third kappa shape index (κ3) is 2.68. The van der Waals surface area contributed by atoms with Crippen molar-refractivity contribution in [3.05, 3.63) is 59.1 Å². The van der Waals surface area contributed by atoms with Crippen LogP contribution in [-0.2, 0) is 0 Å². The summed E-state index contributed by atoms with van der Waals surface area (Å²) in [4.78, 5) is 12.1. The Bertz CT molecular complexity index is 650. The van der Waals surface area contributed by atoms with E-state index >= 15 is 0 Å². The van der Waals surface area contributed by atoms with Gasteiger partial charge in [0, 0.05) is 6.07 Å². The van der Waals surface area contributed by atoms with E-state index in [1.54, 1.807) is 13.0 Å². The van der Waals surface area contributed by atoms with Gasteiger partial charge in [0.25, 0.3) is 0 Å². The van der Waals surface area contributed by atoms with Gasteiger partial charge in [-0.2, -0.15) is 5.26 Å². The summed E-state index contributed by atoms with van der Waals surface area (Å²) < 4.78 is 31.2. The van der Waals surface area contributed by atoms with Gasteiger partial charge in [0.2, 0.25) is 0 Å². The van der Waals surface area contributed by atoms with E-state index in [1.807, 2.05) is 0 Å². The van der Waals surface area contributed by atoms with E-state index in [4.69, 9.17) is 9.68 Å². The molecule has 1 heterocycles. The minimum Gasteiger partial charge on any atom is -0.469 e. The lowest BCUT2D eigenvalue weighted by atomic mass is 9.93. The van der Waals surface area contributed by atoms with E-state index in [-0.39, 0.29) is 11.1 Å². The molecule has 2 aromatic rings. The van der Waals surface area contributed by atoms with Crippen molar-refractivity contribution in [2.45, 2.75) is 12.8 Å². The molecule has 0 fully saturated rings. The fourth-order valence-electron chi connectivity index (χ4n) is 1.77. The monoisotopic (exact) mass is 261 g/mol. The predicted octanol–water partition coefficient (Wildman–Crippen LogP) is 3.36. The third-order valence-corrected chi connectivity index (χ3v) is 2.62. The molecule has 0 saturated heterocycles. The van der Waals surface area contributed by atoms with Gasteiger partial charge in [-0.3, -0.25) is 4.79 Å². The summed E-state index contributed by atoms with van der Waals surface area (Å²) >= 11 is 0. The molecule has 0 amide bonds. The smallest absolute Gasteiger partial charge is 0.187 e. The third-order valence-electron chi connectivity index (χ3n) is 2.62. The Morgan fingerprint density at radius 2 is 1.89 bits per heavy atom. The number of Topliss-reactive ketones (excluding diaryl/α,β-unsaturated/α-hetero) is 1. The van der Waals surface area contributed by atoms with Gasteiger partial charge in [-0.15, -0.1) is 0 Å². The van der Waals surface area contributed by atoms with Crippen molar-refractivity contribution in [3.63, 3.8) is 0 Å². The average Bonchev–Trinajstić information content (AvgIpc) is 2.75. The highest BCUT2D eigenvalue weighted by Gasteiger charge is 2.24. The number of rotatable bonds is 3. The normalized spacial score (nSPS) is 11.9. The number of ketones is 1. The number of hydrogen-bond donors (Lipinski definition) is 0. The molecule has 2 rings (SSSR count). The number of hydrogen-bond acceptors (Lipinski definition) is 3. The standard InChI is InChI=1S/C14H9F2NO2/c1-8-2-10(7-19-8)14(18)13(6-17)9-3-11(15)5-12(16)4-9/h2-5,7,13H,1H3. The minimum atomic E-state index is -1.26. The van der Waals surface area contributed by atoms with E-state index in [0.717, 1.165) is 12.1 Å². The van der Waals surface area contributed by atoms with E-state index < -0.39 is 23.3 Å². The van der Waals surface area contributed by atoms with E-state index in [0.29, 0.717) is 11.8 Å². The van der Waals surface area contributed by atoms with Gasteiger partial charge in [-0.1, -0.05) is 0 Å². The van der Waals surface area contributed by atoms with Gasteiger partial charge in [-0.25, -0.2) is 8.78 Å². The molecule has 0 spiro atoms. The second-order valence-corrected chi connectivity index (χ2v) is 4.08. The fourth-order valence-corrected chi connectivity index (χ4v) is 1.77. The molecular weight excluding hydrogens is 252 g/mol. The minimum absolute atomic E-state index is 0.0103. The van der Waals surface area contributed by atoms with E-state index in [2.05, 4.69) is 0 Å². The first-order chi connectivity index (χ1) is 9.01. The van der Waals surface area contributed by atoms with Crippen molar-refractivity contribution < 1.29 is 18.0 Å². The van der Waals surface area contributed by atoms with E-state index in [9.17, 15) is 13.6 Å². The van der Waals surface area contributed by atoms with Gasteiger partial charge in [0.15, 0.2) is 5.78 Å². The summed E-state index contributed by atoms with van der Waals surface area (Å²) in [5.74, 6) is -2.95. The summed E-state index contributed by atoms with van der Waals surface area (Å²) in [6.45, 7) is 1.65. The summed E-state index contributed by atoms with van der Waals surface area (Å²) in [5.41, 5.74) is 0.192. The first-order valence-electron chi connectivity index (χ1n) is 5.46. The molecule has 0 N–H and O–H groups in total. The van der Waals surface area contributed by atoms with Crippen molar-refractivity contribution in [1.82, 2.24) is 0 Å². The number of aryl methyl sites for hydroxylation is 1. The number of halogens is 2. The molecule has 0 aliphatic heterocycles. The van der Waals surface area contributed by atoms with Crippen LogP contribution in [-0.4, -0.2) is 5.78 Å². The predicted molar refractivity (Wildman–Crippen MR) is 62.5 cm³/mol. The molecule has 1 atom stereocenters. The zero-order valence-corrected chi connectivity index (χ0v) is 9.98. The molecule has 0 bridgehead atoms. The molecule has 0 radical (unpaired) electrons. The number of nitriles is 1. The number of nitrogens with zero attached hydrogens (tertiary/aromatic N) is 1. The Balaban J connectivity index is 2.40. The Morgan fingerprint density at radius 3 is 2.37 bits per heavy atom.